The molecule has 3 N–H and O–H groups in total. The number of carbonyl (C=O) groups excluding carboxylic acids is 1. The summed E-state index contributed by atoms with van der Waals surface area (Å²) in [5.74, 6) is -0.836. The minimum atomic E-state index is -0.802. The summed E-state index contributed by atoms with van der Waals surface area (Å²) in [6, 6.07) is 35.1. The highest BCUT2D eigenvalue weighted by Crippen LogP contribution is 2.39. The summed E-state index contributed by atoms with van der Waals surface area (Å²) in [5.41, 5.74) is 7.16. The van der Waals surface area contributed by atoms with Gasteiger partial charge in [-0.15, -0.1) is 0 Å². The number of carbonyl (C=O) groups is 2. The quantitative estimate of drug-likeness (QED) is 0.105. The van der Waals surface area contributed by atoms with E-state index in [0.29, 0.717) is 32.2 Å². The number of benzene rings is 4. The Bertz CT molecular complexity index is 1640. The number of carboxylic acid groups (broad SMARTS) is 1. The van der Waals surface area contributed by atoms with Crippen molar-refractivity contribution in [1.29, 1.82) is 0 Å². The Morgan fingerprint density at radius 2 is 1.53 bits per heavy atom. The van der Waals surface area contributed by atoms with E-state index in [1.54, 1.807) is 0 Å². The average molecular weight is 665 g/mol. The molecule has 1 aliphatic heterocycles. The van der Waals surface area contributed by atoms with Crippen molar-refractivity contribution in [2.75, 3.05) is 13.6 Å². The molecule has 5 rings (SSSR count). The fourth-order valence-electron chi connectivity index (χ4n) is 6.25. The number of rotatable bonds is 16. The van der Waals surface area contributed by atoms with Gasteiger partial charge in [-0.2, -0.15) is 0 Å². The number of nitrogens with one attached hydrogen (secondary N) is 1. The van der Waals surface area contributed by atoms with Crippen molar-refractivity contribution in [3.63, 3.8) is 0 Å². The first-order valence-electron chi connectivity index (χ1n) is 17.2. The van der Waals surface area contributed by atoms with E-state index in [0.717, 1.165) is 46.3 Å². The third-order valence-electron chi connectivity index (χ3n) is 9.25. The first-order valence-corrected chi connectivity index (χ1v) is 17.2. The van der Waals surface area contributed by atoms with Crippen molar-refractivity contribution < 1.29 is 29.3 Å². The zero-order valence-electron chi connectivity index (χ0n) is 28.5. The van der Waals surface area contributed by atoms with E-state index in [1.807, 2.05) is 54.6 Å². The summed E-state index contributed by atoms with van der Waals surface area (Å²) in [7, 11) is 2.13. The second-order valence-corrected chi connectivity index (χ2v) is 12.9. The number of nitrogens with zero attached hydrogens (tertiary/aromatic N) is 1. The van der Waals surface area contributed by atoms with Gasteiger partial charge in [-0.3, -0.25) is 14.5 Å². The van der Waals surface area contributed by atoms with Crippen LogP contribution in [0.1, 0.15) is 91.7 Å². The van der Waals surface area contributed by atoms with Crippen molar-refractivity contribution in [2.24, 2.45) is 0 Å². The van der Waals surface area contributed by atoms with Gasteiger partial charge in [0, 0.05) is 44.0 Å². The summed E-state index contributed by atoms with van der Waals surface area (Å²) < 4.78 is 13.3. The zero-order chi connectivity index (χ0) is 34.6. The summed E-state index contributed by atoms with van der Waals surface area (Å²) in [4.78, 5) is 25.4. The summed E-state index contributed by atoms with van der Waals surface area (Å²) in [6.07, 6.45) is 2.39. The van der Waals surface area contributed by atoms with Crippen LogP contribution in [0, 0.1) is 0 Å². The molecule has 4 aromatic carbocycles. The van der Waals surface area contributed by atoms with Crippen molar-refractivity contribution in [1.82, 2.24) is 10.2 Å². The molecule has 0 unspecified atom stereocenters. The van der Waals surface area contributed by atoms with E-state index in [2.05, 4.69) is 72.7 Å². The summed E-state index contributed by atoms with van der Waals surface area (Å²) in [6.45, 7) is 3.37. The molecule has 1 aliphatic rings. The number of hydrogen-bond acceptors (Lipinski definition) is 6. The fourth-order valence-corrected chi connectivity index (χ4v) is 6.25. The van der Waals surface area contributed by atoms with Gasteiger partial charge in [-0.1, -0.05) is 97.4 Å². The minimum absolute atomic E-state index is 0.00111. The second kappa shape index (κ2) is 17.9. The van der Waals surface area contributed by atoms with Gasteiger partial charge in [0.05, 0.1) is 18.8 Å². The van der Waals surface area contributed by atoms with Crippen LogP contribution in [0.5, 0.6) is 0 Å². The molecule has 0 spiro atoms. The number of amides is 1. The van der Waals surface area contributed by atoms with E-state index >= 15 is 0 Å². The molecule has 1 heterocycles. The van der Waals surface area contributed by atoms with Crippen LogP contribution in [0.2, 0.25) is 0 Å². The van der Waals surface area contributed by atoms with E-state index in [9.17, 15) is 14.7 Å². The lowest BCUT2D eigenvalue weighted by molar-refractivity contribution is -0.253. The van der Waals surface area contributed by atoms with Crippen molar-refractivity contribution in [2.45, 2.75) is 83.1 Å². The largest absolute Gasteiger partial charge is 0.481 e. The van der Waals surface area contributed by atoms with E-state index < -0.39 is 12.3 Å². The third kappa shape index (κ3) is 10.6. The van der Waals surface area contributed by atoms with E-state index in [-0.39, 0.29) is 37.2 Å². The Morgan fingerprint density at radius 1 is 0.816 bits per heavy atom. The molecule has 0 aromatic heterocycles. The van der Waals surface area contributed by atoms with Crippen LogP contribution < -0.4 is 5.32 Å². The molecule has 258 valence electrons. The molecule has 49 heavy (non-hydrogen) atoms. The van der Waals surface area contributed by atoms with Crippen LogP contribution >= 0.6 is 0 Å². The predicted octanol–water partition coefficient (Wildman–Crippen LogP) is 7.74. The summed E-state index contributed by atoms with van der Waals surface area (Å²) in [5, 5.41) is 21.3. The molecule has 0 aliphatic carbocycles. The standard InChI is InChI=1S/C41H48N2O6/c1-29(32-12-5-3-6-13-32)43(2)27-37-25-38(33-21-19-30(28-44)20-22-33)49-41(48-37)36-16-10-15-35(24-36)34-14-9-11-31(23-34)26-42-39(45)17-7-4-8-18-40(46)47/h3,5-6,9-16,19-24,29,37-38,41,44H,4,7-8,17-18,25-28H2,1-2H3,(H,42,45)(H,46,47)/t29-,37+,38-,41-/m0/s1. The van der Waals surface area contributed by atoms with Crippen molar-refractivity contribution >= 4 is 11.9 Å². The number of unbranched alkanes of at least 4 members (excludes halogenated alkanes) is 2. The highest BCUT2D eigenvalue weighted by Gasteiger charge is 2.33. The van der Waals surface area contributed by atoms with Crippen LogP contribution in [0.4, 0.5) is 0 Å². The Hall–Kier alpha value is -4.34. The Kier molecular flexibility index (Phi) is 13.1. The Balaban J connectivity index is 1.28. The second-order valence-electron chi connectivity index (χ2n) is 12.9. The first-order chi connectivity index (χ1) is 23.8. The van der Waals surface area contributed by atoms with Crippen LogP contribution in [-0.2, 0) is 32.2 Å². The van der Waals surface area contributed by atoms with Gasteiger partial charge in [-0.25, -0.2) is 0 Å². The van der Waals surface area contributed by atoms with Crippen molar-refractivity contribution in [3.8, 4) is 11.1 Å². The highest BCUT2D eigenvalue weighted by atomic mass is 16.7. The lowest BCUT2D eigenvalue weighted by Gasteiger charge is -2.39. The van der Waals surface area contributed by atoms with Crippen LogP contribution in [0.3, 0.4) is 0 Å². The van der Waals surface area contributed by atoms with Gasteiger partial charge >= 0.3 is 5.97 Å². The third-order valence-corrected chi connectivity index (χ3v) is 9.25. The smallest absolute Gasteiger partial charge is 0.303 e. The molecule has 1 amide bonds. The molecular formula is C41H48N2O6. The fraction of sp³-hybridized carbons (Fsp3) is 0.366. The maximum atomic E-state index is 12.4. The number of aliphatic carboxylic acids is 1. The maximum Gasteiger partial charge on any atom is 0.303 e. The molecule has 1 saturated heterocycles. The van der Waals surface area contributed by atoms with Gasteiger partial charge in [0.2, 0.25) is 5.91 Å². The molecular weight excluding hydrogens is 616 g/mol. The predicted molar refractivity (Wildman–Crippen MR) is 190 cm³/mol. The van der Waals surface area contributed by atoms with Crippen LogP contribution in [-0.4, -0.2) is 46.7 Å². The number of ether oxygens (including phenoxy) is 2. The molecule has 0 radical (unpaired) electrons. The molecule has 0 saturated carbocycles. The summed E-state index contributed by atoms with van der Waals surface area (Å²) >= 11 is 0. The van der Waals surface area contributed by atoms with Gasteiger partial charge in [0.15, 0.2) is 6.29 Å². The first kappa shape index (κ1) is 36.0. The zero-order valence-corrected chi connectivity index (χ0v) is 28.5. The minimum Gasteiger partial charge on any atom is -0.481 e. The topological polar surface area (TPSA) is 108 Å². The monoisotopic (exact) mass is 664 g/mol. The maximum absolute atomic E-state index is 12.4. The Labute approximate surface area is 289 Å². The number of likely N-dealkylation sites (N-methyl/N-ethyl adjacent to an activating group) is 1. The average Bonchev–Trinajstić information content (AvgIpc) is 3.13. The van der Waals surface area contributed by atoms with Gasteiger partial charge in [0.25, 0.3) is 0 Å². The molecule has 0 bridgehead atoms. The van der Waals surface area contributed by atoms with Gasteiger partial charge in [-0.05, 0) is 72.3 Å². The SMILES string of the molecule is C[C@@H](c1ccccc1)N(C)C[C@H]1C[C@@H](c2ccc(CO)cc2)O[C@@H](c2cccc(-c3cccc(CNC(=O)CCCCCC(=O)O)c3)c2)O1. The normalized spacial score (nSPS) is 18.2. The van der Waals surface area contributed by atoms with Crippen molar-refractivity contribution in [3.05, 3.63) is 131 Å². The molecule has 1 fully saturated rings. The number of hydrogen-bond donors (Lipinski definition) is 3. The number of aliphatic hydroxyl groups excluding tert-OH is 1. The van der Waals surface area contributed by atoms with Gasteiger partial charge < -0.3 is 25.0 Å². The number of carboxylic acids is 1. The van der Waals surface area contributed by atoms with E-state index in [1.165, 1.54) is 5.56 Å². The van der Waals surface area contributed by atoms with E-state index in [4.69, 9.17) is 14.6 Å². The molecule has 8 nitrogen and oxygen atoms in total. The highest BCUT2D eigenvalue weighted by molar-refractivity contribution is 5.76. The van der Waals surface area contributed by atoms with Crippen LogP contribution in [0.15, 0.2) is 103 Å². The molecule has 4 aromatic rings. The van der Waals surface area contributed by atoms with Crippen LogP contribution in [0.25, 0.3) is 11.1 Å². The Morgan fingerprint density at radius 3 is 2.27 bits per heavy atom. The van der Waals surface area contributed by atoms with Gasteiger partial charge in [0.1, 0.15) is 0 Å². The number of aliphatic hydroxyl groups is 1. The molecule has 4 atom stereocenters. The lowest BCUT2D eigenvalue weighted by atomic mass is 9.98. The lowest BCUT2D eigenvalue weighted by Crippen LogP contribution is -2.38. The molecule has 8 heteroatoms.